The second kappa shape index (κ2) is 7.69. The summed E-state index contributed by atoms with van der Waals surface area (Å²) in [5, 5.41) is 3.49. The predicted octanol–water partition coefficient (Wildman–Crippen LogP) is 4.17. The van der Waals surface area contributed by atoms with Crippen molar-refractivity contribution in [1.29, 1.82) is 0 Å². The maximum atomic E-state index is 6.38. The molecule has 3 heteroatoms. The summed E-state index contributed by atoms with van der Waals surface area (Å²) in [6.45, 7) is 8.23. The molecule has 0 heterocycles. The SMILES string of the molecule is CCCOc1ccccc1OC1(CCNC(C)C)CCC1. The van der Waals surface area contributed by atoms with Gasteiger partial charge in [0.25, 0.3) is 0 Å². The molecule has 0 aromatic heterocycles. The normalized spacial score (nSPS) is 16.6. The molecule has 1 aliphatic carbocycles. The van der Waals surface area contributed by atoms with Gasteiger partial charge in [-0.25, -0.2) is 0 Å². The van der Waals surface area contributed by atoms with Gasteiger partial charge in [-0.05, 0) is 50.8 Å². The van der Waals surface area contributed by atoms with Crippen molar-refractivity contribution in [2.75, 3.05) is 13.2 Å². The van der Waals surface area contributed by atoms with Crippen molar-refractivity contribution in [3.63, 3.8) is 0 Å². The molecule has 1 aromatic carbocycles. The van der Waals surface area contributed by atoms with Gasteiger partial charge in [-0.2, -0.15) is 0 Å². The fourth-order valence-electron chi connectivity index (χ4n) is 2.66. The van der Waals surface area contributed by atoms with Gasteiger partial charge in [0.15, 0.2) is 11.5 Å². The molecule has 1 aliphatic rings. The molecular weight excluding hydrogens is 262 g/mol. The number of ether oxygens (including phenoxy) is 2. The molecule has 3 nitrogen and oxygen atoms in total. The number of nitrogens with one attached hydrogen (secondary N) is 1. The van der Waals surface area contributed by atoms with E-state index in [4.69, 9.17) is 9.47 Å². The third-order valence-electron chi connectivity index (χ3n) is 4.04. The second-order valence-electron chi connectivity index (χ2n) is 6.29. The van der Waals surface area contributed by atoms with Gasteiger partial charge >= 0.3 is 0 Å². The number of hydrogen-bond donors (Lipinski definition) is 1. The first-order valence-corrected chi connectivity index (χ1v) is 8.29. The lowest BCUT2D eigenvalue weighted by Crippen LogP contribution is -2.46. The Morgan fingerprint density at radius 1 is 1.19 bits per heavy atom. The van der Waals surface area contributed by atoms with E-state index in [0.29, 0.717) is 6.04 Å². The van der Waals surface area contributed by atoms with Crippen LogP contribution in [0.15, 0.2) is 24.3 Å². The summed E-state index contributed by atoms with van der Waals surface area (Å²) in [7, 11) is 0. The van der Waals surface area contributed by atoms with E-state index in [1.807, 2.05) is 24.3 Å². The van der Waals surface area contributed by atoms with Crippen molar-refractivity contribution in [2.24, 2.45) is 0 Å². The van der Waals surface area contributed by atoms with Crippen molar-refractivity contribution in [3.05, 3.63) is 24.3 Å². The van der Waals surface area contributed by atoms with Gasteiger partial charge in [0, 0.05) is 6.04 Å². The molecule has 118 valence electrons. The summed E-state index contributed by atoms with van der Waals surface area (Å²) in [4.78, 5) is 0. The molecule has 1 aromatic rings. The largest absolute Gasteiger partial charge is 0.490 e. The highest BCUT2D eigenvalue weighted by atomic mass is 16.5. The Morgan fingerprint density at radius 2 is 1.90 bits per heavy atom. The van der Waals surface area contributed by atoms with E-state index >= 15 is 0 Å². The molecule has 0 aliphatic heterocycles. The van der Waals surface area contributed by atoms with Crippen LogP contribution >= 0.6 is 0 Å². The second-order valence-corrected chi connectivity index (χ2v) is 6.29. The lowest BCUT2D eigenvalue weighted by Gasteiger charge is -2.42. The molecule has 1 saturated carbocycles. The van der Waals surface area contributed by atoms with Crippen LogP contribution in [0.3, 0.4) is 0 Å². The summed E-state index contributed by atoms with van der Waals surface area (Å²) >= 11 is 0. The van der Waals surface area contributed by atoms with Crippen molar-refractivity contribution >= 4 is 0 Å². The Bertz CT molecular complexity index is 427. The highest BCUT2D eigenvalue weighted by Crippen LogP contribution is 2.41. The fraction of sp³-hybridized carbons (Fsp3) is 0.667. The maximum Gasteiger partial charge on any atom is 0.162 e. The smallest absolute Gasteiger partial charge is 0.162 e. The number of para-hydroxylation sites is 2. The third-order valence-corrected chi connectivity index (χ3v) is 4.04. The van der Waals surface area contributed by atoms with Crippen molar-refractivity contribution in [3.8, 4) is 11.5 Å². The Hall–Kier alpha value is -1.22. The minimum atomic E-state index is 0.00751. The molecule has 0 unspecified atom stereocenters. The average Bonchev–Trinajstić information content (AvgIpc) is 2.43. The van der Waals surface area contributed by atoms with Crippen LogP contribution in [-0.2, 0) is 0 Å². The van der Waals surface area contributed by atoms with Crippen LogP contribution in [0, 0.1) is 0 Å². The van der Waals surface area contributed by atoms with Crippen LogP contribution in [0.5, 0.6) is 11.5 Å². The zero-order valence-corrected chi connectivity index (χ0v) is 13.7. The van der Waals surface area contributed by atoms with Gasteiger partial charge in [0.2, 0.25) is 0 Å². The van der Waals surface area contributed by atoms with Gasteiger partial charge in [-0.15, -0.1) is 0 Å². The molecule has 0 saturated heterocycles. The molecule has 21 heavy (non-hydrogen) atoms. The lowest BCUT2D eigenvalue weighted by atomic mass is 9.77. The van der Waals surface area contributed by atoms with E-state index in [1.54, 1.807) is 0 Å². The van der Waals surface area contributed by atoms with Gasteiger partial charge in [-0.3, -0.25) is 0 Å². The summed E-state index contributed by atoms with van der Waals surface area (Å²) in [5.41, 5.74) is 0.00751. The van der Waals surface area contributed by atoms with Crippen LogP contribution in [0.2, 0.25) is 0 Å². The molecule has 0 atom stereocenters. The average molecular weight is 291 g/mol. The number of hydrogen-bond acceptors (Lipinski definition) is 3. The quantitative estimate of drug-likeness (QED) is 0.741. The molecule has 0 bridgehead atoms. The molecular formula is C18H29NO2. The summed E-state index contributed by atoms with van der Waals surface area (Å²) < 4.78 is 12.2. The van der Waals surface area contributed by atoms with Crippen LogP contribution < -0.4 is 14.8 Å². The predicted molar refractivity (Wildman–Crippen MR) is 87.2 cm³/mol. The van der Waals surface area contributed by atoms with E-state index in [1.165, 1.54) is 6.42 Å². The standard InChI is InChI=1S/C18H29NO2/c1-4-14-20-16-8-5-6-9-17(16)21-18(10-7-11-18)12-13-19-15(2)3/h5-6,8-9,15,19H,4,7,10-14H2,1-3H3. The first kappa shape index (κ1) is 16.2. The summed E-state index contributed by atoms with van der Waals surface area (Å²) in [6.07, 6.45) is 5.63. The van der Waals surface area contributed by atoms with Gasteiger partial charge in [-0.1, -0.05) is 32.9 Å². The van der Waals surface area contributed by atoms with Gasteiger partial charge in [0.05, 0.1) is 6.61 Å². The zero-order chi connectivity index (χ0) is 15.1. The highest BCUT2D eigenvalue weighted by Gasteiger charge is 2.39. The van der Waals surface area contributed by atoms with Crippen LogP contribution in [0.4, 0.5) is 0 Å². The first-order valence-electron chi connectivity index (χ1n) is 8.29. The van der Waals surface area contributed by atoms with E-state index < -0.39 is 0 Å². The Morgan fingerprint density at radius 3 is 2.48 bits per heavy atom. The van der Waals surface area contributed by atoms with Crippen molar-refractivity contribution in [1.82, 2.24) is 5.32 Å². The van der Waals surface area contributed by atoms with Gasteiger partial charge < -0.3 is 14.8 Å². The van der Waals surface area contributed by atoms with E-state index in [2.05, 4.69) is 26.1 Å². The highest BCUT2D eigenvalue weighted by molar-refractivity contribution is 5.40. The molecule has 1 fully saturated rings. The number of benzene rings is 1. The minimum absolute atomic E-state index is 0.00751. The first-order chi connectivity index (χ1) is 10.2. The Balaban J connectivity index is 1.97. The third kappa shape index (κ3) is 4.63. The fourth-order valence-corrected chi connectivity index (χ4v) is 2.66. The van der Waals surface area contributed by atoms with Crippen molar-refractivity contribution in [2.45, 2.75) is 64.5 Å². The minimum Gasteiger partial charge on any atom is -0.490 e. The molecule has 1 N–H and O–H groups in total. The number of rotatable bonds is 9. The summed E-state index contributed by atoms with van der Waals surface area (Å²) in [5.74, 6) is 1.78. The van der Waals surface area contributed by atoms with E-state index in [-0.39, 0.29) is 5.60 Å². The molecule has 0 amide bonds. The van der Waals surface area contributed by atoms with Crippen LogP contribution in [0.25, 0.3) is 0 Å². The van der Waals surface area contributed by atoms with Gasteiger partial charge in [0.1, 0.15) is 5.60 Å². The molecule has 2 rings (SSSR count). The van der Waals surface area contributed by atoms with E-state index in [0.717, 1.165) is 50.3 Å². The Labute approximate surface area is 129 Å². The monoisotopic (exact) mass is 291 g/mol. The zero-order valence-electron chi connectivity index (χ0n) is 13.7. The lowest BCUT2D eigenvalue weighted by molar-refractivity contribution is -0.0167. The Kier molecular flexibility index (Phi) is 5.92. The summed E-state index contributed by atoms with van der Waals surface area (Å²) in [6, 6.07) is 8.59. The van der Waals surface area contributed by atoms with Crippen molar-refractivity contribution < 1.29 is 9.47 Å². The topological polar surface area (TPSA) is 30.5 Å². The maximum absolute atomic E-state index is 6.38. The molecule has 0 spiro atoms. The molecule has 0 radical (unpaired) electrons. The van der Waals surface area contributed by atoms with Crippen LogP contribution in [-0.4, -0.2) is 24.8 Å². The van der Waals surface area contributed by atoms with Crippen LogP contribution in [0.1, 0.15) is 52.9 Å². The van der Waals surface area contributed by atoms with E-state index in [9.17, 15) is 0 Å².